The number of hydrogen-bond acceptors (Lipinski definition) is 2. The normalized spacial score (nSPS) is 15.9. The van der Waals surface area contributed by atoms with Gasteiger partial charge < -0.3 is 5.73 Å². The van der Waals surface area contributed by atoms with E-state index in [4.69, 9.17) is 5.73 Å². The second-order valence-electron chi connectivity index (χ2n) is 4.12. The van der Waals surface area contributed by atoms with Crippen molar-refractivity contribution >= 4 is 0 Å². The standard InChI is InChI=1S/C12H17FN2/c13-11-3-1-2-10(8-11)9-15(7-6-14)12-4-5-12/h1-3,8,12H,4-7,9,14H2. The van der Waals surface area contributed by atoms with Crippen LogP contribution in [-0.4, -0.2) is 24.0 Å². The molecule has 0 aromatic heterocycles. The van der Waals surface area contributed by atoms with Crippen LogP contribution in [0.2, 0.25) is 0 Å². The van der Waals surface area contributed by atoms with Crippen LogP contribution in [0.1, 0.15) is 18.4 Å². The first kappa shape index (κ1) is 10.6. The minimum Gasteiger partial charge on any atom is -0.329 e. The van der Waals surface area contributed by atoms with Crippen LogP contribution in [0.3, 0.4) is 0 Å². The number of nitrogens with zero attached hydrogens (tertiary/aromatic N) is 1. The van der Waals surface area contributed by atoms with Gasteiger partial charge in [0.2, 0.25) is 0 Å². The Morgan fingerprint density at radius 1 is 1.40 bits per heavy atom. The van der Waals surface area contributed by atoms with Gasteiger partial charge in [0.25, 0.3) is 0 Å². The van der Waals surface area contributed by atoms with Gasteiger partial charge >= 0.3 is 0 Å². The molecule has 1 fully saturated rings. The first-order valence-electron chi connectivity index (χ1n) is 5.48. The summed E-state index contributed by atoms with van der Waals surface area (Å²) in [6.07, 6.45) is 2.52. The molecule has 1 aliphatic rings. The van der Waals surface area contributed by atoms with Crippen LogP contribution in [0.4, 0.5) is 4.39 Å². The fraction of sp³-hybridized carbons (Fsp3) is 0.500. The van der Waals surface area contributed by atoms with Gasteiger partial charge in [-0.1, -0.05) is 12.1 Å². The summed E-state index contributed by atoms with van der Waals surface area (Å²) < 4.78 is 13.0. The number of nitrogens with two attached hydrogens (primary N) is 1. The molecule has 0 atom stereocenters. The van der Waals surface area contributed by atoms with Crippen LogP contribution in [0.25, 0.3) is 0 Å². The zero-order chi connectivity index (χ0) is 10.7. The maximum Gasteiger partial charge on any atom is 0.123 e. The Labute approximate surface area is 89.9 Å². The van der Waals surface area contributed by atoms with Crippen LogP contribution >= 0.6 is 0 Å². The number of benzene rings is 1. The second kappa shape index (κ2) is 4.73. The average molecular weight is 208 g/mol. The molecule has 1 saturated carbocycles. The Bertz CT molecular complexity index is 323. The van der Waals surface area contributed by atoms with Gasteiger partial charge in [0, 0.05) is 25.7 Å². The van der Waals surface area contributed by atoms with Crippen molar-refractivity contribution in [1.82, 2.24) is 4.90 Å². The molecule has 0 heterocycles. The largest absolute Gasteiger partial charge is 0.329 e. The molecule has 0 spiro atoms. The highest BCUT2D eigenvalue weighted by Crippen LogP contribution is 2.27. The van der Waals surface area contributed by atoms with Gasteiger partial charge in [0.05, 0.1) is 0 Å². The van der Waals surface area contributed by atoms with Crippen molar-refractivity contribution in [2.75, 3.05) is 13.1 Å². The third-order valence-electron chi connectivity index (χ3n) is 2.75. The summed E-state index contributed by atoms with van der Waals surface area (Å²) in [4.78, 5) is 2.34. The molecule has 0 amide bonds. The Kier molecular flexibility index (Phi) is 3.34. The van der Waals surface area contributed by atoms with E-state index in [1.54, 1.807) is 12.1 Å². The van der Waals surface area contributed by atoms with Crippen molar-refractivity contribution in [3.63, 3.8) is 0 Å². The molecule has 0 radical (unpaired) electrons. The monoisotopic (exact) mass is 208 g/mol. The van der Waals surface area contributed by atoms with E-state index in [1.807, 2.05) is 6.07 Å². The molecule has 82 valence electrons. The lowest BCUT2D eigenvalue weighted by molar-refractivity contribution is 0.262. The molecule has 0 bridgehead atoms. The Hall–Kier alpha value is -0.930. The van der Waals surface area contributed by atoms with Gasteiger partial charge in [-0.2, -0.15) is 0 Å². The summed E-state index contributed by atoms with van der Waals surface area (Å²) in [5.74, 6) is -0.156. The van der Waals surface area contributed by atoms with E-state index < -0.39 is 0 Å². The van der Waals surface area contributed by atoms with Crippen molar-refractivity contribution in [2.24, 2.45) is 5.73 Å². The molecular formula is C12H17FN2. The van der Waals surface area contributed by atoms with E-state index in [2.05, 4.69) is 4.90 Å². The summed E-state index contributed by atoms with van der Waals surface area (Å²) in [7, 11) is 0. The highest BCUT2D eigenvalue weighted by molar-refractivity contribution is 5.16. The van der Waals surface area contributed by atoms with E-state index in [0.717, 1.165) is 18.7 Å². The summed E-state index contributed by atoms with van der Waals surface area (Å²) >= 11 is 0. The molecular weight excluding hydrogens is 191 g/mol. The maximum atomic E-state index is 13.0. The van der Waals surface area contributed by atoms with Crippen molar-refractivity contribution in [1.29, 1.82) is 0 Å². The van der Waals surface area contributed by atoms with Gasteiger partial charge in [-0.15, -0.1) is 0 Å². The number of halogens is 1. The molecule has 0 saturated heterocycles. The fourth-order valence-corrected chi connectivity index (χ4v) is 1.87. The first-order valence-corrected chi connectivity index (χ1v) is 5.48. The fourth-order valence-electron chi connectivity index (χ4n) is 1.87. The molecule has 15 heavy (non-hydrogen) atoms. The lowest BCUT2D eigenvalue weighted by Crippen LogP contribution is -2.31. The van der Waals surface area contributed by atoms with Crippen LogP contribution < -0.4 is 5.73 Å². The topological polar surface area (TPSA) is 29.3 Å². The van der Waals surface area contributed by atoms with E-state index in [9.17, 15) is 4.39 Å². The Morgan fingerprint density at radius 2 is 2.20 bits per heavy atom. The second-order valence-corrected chi connectivity index (χ2v) is 4.12. The lowest BCUT2D eigenvalue weighted by Gasteiger charge is -2.21. The minimum absolute atomic E-state index is 0.156. The summed E-state index contributed by atoms with van der Waals surface area (Å²) in [6.45, 7) is 2.40. The highest BCUT2D eigenvalue weighted by Gasteiger charge is 2.28. The van der Waals surface area contributed by atoms with Crippen molar-refractivity contribution < 1.29 is 4.39 Å². The molecule has 3 heteroatoms. The molecule has 0 aliphatic heterocycles. The third-order valence-corrected chi connectivity index (χ3v) is 2.75. The summed E-state index contributed by atoms with van der Waals surface area (Å²) in [5, 5.41) is 0. The molecule has 1 aliphatic carbocycles. The quantitative estimate of drug-likeness (QED) is 0.798. The molecule has 2 N–H and O–H groups in total. The van der Waals surface area contributed by atoms with Crippen LogP contribution in [0, 0.1) is 5.82 Å². The van der Waals surface area contributed by atoms with Crippen molar-refractivity contribution in [3.8, 4) is 0 Å². The van der Waals surface area contributed by atoms with Gasteiger partial charge in [0.15, 0.2) is 0 Å². The van der Waals surface area contributed by atoms with Gasteiger partial charge in [0.1, 0.15) is 5.82 Å². The number of hydrogen-bond donors (Lipinski definition) is 1. The molecule has 1 aromatic carbocycles. The summed E-state index contributed by atoms with van der Waals surface area (Å²) in [6, 6.07) is 7.49. The van der Waals surface area contributed by atoms with E-state index >= 15 is 0 Å². The SMILES string of the molecule is NCCN(Cc1cccc(F)c1)C1CC1. The van der Waals surface area contributed by atoms with Crippen LogP contribution in [0.15, 0.2) is 24.3 Å². The van der Waals surface area contributed by atoms with Gasteiger partial charge in [-0.05, 0) is 30.5 Å². The molecule has 1 aromatic rings. The van der Waals surface area contributed by atoms with Gasteiger partial charge in [-0.3, -0.25) is 4.90 Å². The lowest BCUT2D eigenvalue weighted by atomic mass is 10.2. The first-order chi connectivity index (χ1) is 7.29. The number of rotatable bonds is 5. The van der Waals surface area contributed by atoms with E-state index in [-0.39, 0.29) is 5.82 Å². The Balaban J connectivity index is 1.98. The van der Waals surface area contributed by atoms with Crippen LogP contribution in [-0.2, 0) is 6.54 Å². The van der Waals surface area contributed by atoms with Gasteiger partial charge in [-0.25, -0.2) is 4.39 Å². The third kappa shape index (κ3) is 3.01. The van der Waals surface area contributed by atoms with Crippen LogP contribution in [0.5, 0.6) is 0 Å². The maximum absolute atomic E-state index is 13.0. The smallest absolute Gasteiger partial charge is 0.123 e. The van der Waals surface area contributed by atoms with E-state index in [1.165, 1.54) is 18.9 Å². The zero-order valence-corrected chi connectivity index (χ0v) is 8.82. The molecule has 0 unspecified atom stereocenters. The highest BCUT2D eigenvalue weighted by atomic mass is 19.1. The average Bonchev–Trinajstić information content (AvgIpc) is 3.00. The molecule has 2 rings (SSSR count). The zero-order valence-electron chi connectivity index (χ0n) is 8.82. The predicted molar refractivity (Wildman–Crippen MR) is 58.9 cm³/mol. The van der Waals surface area contributed by atoms with Crippen molar-refractivity contribution in [2.45, 2.75) is 25.4 Å². The predicted octanol–water partition coefficient (Wildman–Crippen LogP) is 1.75. The van der Waals surface area contributed by atoms with E-state index in [0.29, 0.717) is 12.6 Å². The minimum atomic E-state index is -0.156. The molecule has 2 nitrogen and oxygen atoms in total. The van der Waals surface area contributed by atoms with Crippen molar-refractivity contribution in [3.05, 3.63) is 35.6 Å². The summed E-state index contributed by atoms with van der Waals surface area (Å²) in [5.41, 5.74) is 6.60. The Morgan fingerprint density at radius 3 is 2.80 bits per heavy atom.